The molecule has 2 aromatic carbocycles. The van der Waals surface area contributed by atoms with Gasteiger partial charge in [0.25, 0.3) is 11.6 Å². The van der Waals surface area contributed by atoms with Gasteiger partial charge >= 0.3 is 0 Å². The van der Waals surface area contributed by atoms with Crippen LogP contribution in [0.5, 0.6) is 0 Å². The minimum absolute atomic E-state index is 0.00705. The monoisotopic (exact) mass is 423 g/mol. The molecule has 0 aliphatic carbocycles. The highest BCUT2D eigenvalue weighted by atomic mass is 16.6. The van der Waals surface area contributed by atoms with E-state index in [9.17, 15) is 14.9 Å². The fourth-order valence-electron chi connectivity index (χ4n) is 4.33. The van der Waals surface area contributed by atoms with Crippen molar-refractivity contribution in [1.82, 2.24) is 10.2 Å². The molecule has 0 radical (unpaired) electrons. The van der Waals surface area contributed by atoms with Crippen LogP contribution in [-0.2, 0) is 6.54 Å². The zero-order valence-corrected chi connectivity index (χ0v) is 17.9. The van der Waals surface area contributed by atoms with E-state index in [1.807, 2.05) is 23.1 Å². The lowest BCUT2D eigenvalue weighted by Crippen LogP contribution is -2.45. The van der Waals surface area contributed by atoms with Gasteiger partial charge in [0, 0.05) is 63.1 Å². The van der Waals surface area contributed by atoms with Gasteiger partial charge in [-0.3, -0.25) is 14.9 Å². The molecule has 8 heteroatoms. The number of amides is 1. The number of nitrogens with one attached hydrogen (secondary N) is 1. The summed E-state index contributed by atoms with van der Waals surface area (Å²) < 4.78 is 0. The first-order valence-corrected chi connectivity index (χ1v) is 10.9. The highest BCUT2D eigenvalue weighted by Gasteiger charge is 2.24. The minimum Gasteiger partial charge on any atom is -0.369 e. The Morgan fingerprint density at radius 2 is 1.65 bits per heavy atom. The highest BCUT2D eigenvalue weighted by molar-refractivity contribution is 5.95. The van der Waals surface area contributed by atoms with Crippen molar-refractivity contribution in [3.05, 3.63) is 63.7 Å². The van der Waals surface area contributed by atoms with E-state index >= 15 is 0 Å². The smallest absolute Gasteiger partial charge is 0.293 e. The van der Waals surface area contributed by atoms with Crippen molar-refractivity contribution in [2.75, 3.05) is 56.1 Å². The number of nitrogens with zero attached hydrogens (tertiary/aromatic N) is 4. The Balaban J connectivity index is 1.47. The first-order chi connectivity index (χ1) is 15.0. The standard InChI is InChI=1S/C23H29N5O3/c1-25-12-14-27(15-13-25)20-7-3-2-6-19(20)17-24-23(29)18-8-9-21(22(16-18)28(30)31)26-10-4-5-11-26/h2-3,6-9,16H,4-5,10-15,17H2,1H3,(H,24,29). The quantitative estimate of drug-likeness (QED) is 0.568. The number of hydrogen-bond acceptors (Lipinski definition) is 6. The Morgan fingerprint density at radius 1 is 0.968 bits per heavy atom. The van der Waals surface area contributed by atoms with E-state index in [-0.39, 0.29) is 11.6 Å². The van der Waals surface area contributed by atoms with Crippen LogP contribution in [0.1, 0.15) is 28.8 Å². The Labute approximate surface area is 182 Å². The van der Waals surface area contributed by atoms with E-state index < -0.39 is 4.92 Å². The molecule has 31 heavy (non-hydrogen) atoms. The molecule has 0 spiro atoms. The van der Waals surface area contributed by atoms with Gasteiger partial charge < -0.3 is 20.0 Å². The predicted octanol–water partition coefficient (Wildman–Crippen LogP) is 2.88. The van der Waals surface area contributed by atoms with Crippen LogP contribution >= 0.6 is 0 Å². The number of nitro benzene ring substituents is 1. The summed E-state index contributed by atoms with van der Waals surface area (Å²) >= 11 is 0. The summed E-state index contributed by atoms with van der Waals surface area (Å²) in [7, 11) is 2.12. The van der Waals surface area contributed by atoms with Gasteiger partial charge in [0.05, 0.1) is 4.92 Å². The topological polar surface area (TPSA) is 82.0 Å². The van der Waals surface area contributed by atoms with Crippen molar-refractivity contribution in [3.8, 4) is 0 Å². The van der Waals surface area contributed by atoms with E-state index in [0.29, 0.717) is 17.8 Å². The average Bonchev–Trinajstić information content (AvgIpc) is 3.32. The molecule has 0 unspecified atom stereocenters. The van der Waals surface area contributed by atoms with Crippen molar-refractivity contribution < 1.29 is 9.72 Å². The molecule has 2 heterocycles. The second kappa shape index (κ2) is 9.34. The summed E-state index contributed by atoms with van der Waals surface area (Å²) in [5.41, 5.74) is 3.08. The lowest BCUT2D eigenvalue weighted by Gasteiger charge is -2.35. The van der Waals surface area contributed by atoms with Crippen LogP contribution in [0.4, 0.5) is 17.1 Å². The van der Waals surface area contributed by atoms with Crippen molar-refractivity contribution >= 4 is 23.0 Å². The number of para-hydroxylation sites is 1. The van der Waals surface area contributed by atoms with Gasteiger partial charge in [0.15, 0.2) is 0 Å². The van der Waals surface area contributed by atoms with Gasteiger partial charge in [0.2, 0.25) is 0 Å². The fraction of sp³-hybridized carbons (Fsp3) is 0.435. The molecule has 4 rings (SSSR count). The van der Waals surface area contributed by atoms with Gasteiger partial charge in [0.1, 0.15) is 5.69 Å². The molecule has 2 aliphatic heterocycles. The molecule has 2 saturated heterocycles. The van der Waals surface area contributed by atoms with Crippen LogP contribution in [0.15, 0.2) is 42.5 Å². The molecule has 1 N–H and O–H groups in total. The molecular formula is C23H29N5O3. The summed E-state index contributed by atoms with van der Waals surface area (Å²) in [4.78, 5) is 30.7. The number of benzene rings is 2. The third-order valence-corrected chi connectivity index (χ3v) is 6.16. The van der Waals surface area contributed by atoms with Crippen LogP contribution < -0.4 is 15.1 Å². The van der Waals surface area contributed by atoms with Crippen molar-refractivity contribution in [2.24, 2.45) is 0 Å². The molecule has 0 atom stereocenters. The third kappa shape index (κ3) is 4.80. The maximum Gasteiger partial charge on any atom is 0.293 e. The number of anilines is 2. The molecule has 1 amide bonds. The Hall–Kier alpha value is -3.13. The number of carbonyl (C=O) groups excluding carboxylic acids is 1. The SMILES string of the molecule is CN1CCN(c2ccccc2CNC(=O)c2ccc(N3CCCC3)c([N+](=O)[O-])c2)CC1. The molecule has 2 aliphatic rings. The van der Waals surface area contributed by atoms with Crippen LogP contribution in [0.3, 0.4) is 0 Å². The first kappa shape index (κ1) is 21.1. The normalized spacial score (nSPS) is 17.1. The largest absolute Gasteiger partial charge is 0.369 e. The molecular weight excluding hydrogens is 394 g/mol. The average molecular weight is 424 g/mol. The Bertz CT molecular complexity index is 950. The highest BCUT2D eigenvalue weighted by Crippen LogP contribution is 2.31. The lowest BCUT2D eigenvalue weighted by molar-refractivity contribution is -0.384. The van der Waals surface area contributed by atoms with E-state index in [0.717, 1.165) is 63.4 Å². The second-order valence-electron chi connectivity index (χ2n) is 8.26. The van der Waals surface area contributed by atoms with Crippen LogP contribution in [-0.4, -0.2) is 62.0 Å². The molecule has 0 saturated carbocycles. The Morgan fingerprint density at radius 3 is 2.35 bits per heavy atom. The van der Waals surface area contributed by atoms with Gasteiger partial charge in [-0.2, -0.15) is 0 Å². The molecule has 8 nitrogen and oxygen atoms in total. The lowest BCUT2D eigenvalue weighted by atomic mass is 10.1. The van der Waals surface area contributed by atoms with Crippen LogP contribution in [0.2, 0.25) is 0 Å². The number of likely N-dealkylation sites (N-methyl/N-ethyl adjacent to an activating group) is 1. The van der Waals surface area contributed by atoms with Crippen molar-refractivity contribution in [3.63, 3.8) is 0 Å². The number of hydrogen-bond donors (Lipinski definition) is 1. The number of nitro groups is 1. The number of carbonyl (C=O) groups is 1. The predicted molar refractivity (Wildman–Crippen MR) is 122 cm³/mol. The second-order valence-corrected chi connectivity index (χ2v) is 8.26. The molecule has 0 aromatic heterocycles. The zero-order chi connectivity index (χ0) is 21.8. The van der Waals surface area contributed by atoms with E-state index in [1.54, 1.807) is 12.1 Å². The van der Waals surface area contributed by atoms with E-state index in [1.165, 1.54) is 6.07 Å². The van der Waals surface area contributed by atoms with Crippen LogP contribution in [0, 0.1) is 10.1 Å². The van der Waals surface area contributed by atoms with Gasteiger partial charge in [-0.1, -0.05) is 18.2 Å². The molecule has 2 aromatic rings. The van der Waals surface area contributed by atoms with Gasteiger partial charge in [-0.15, -0.1) is 0 Å². The summed E-state index contributed by atoms with van der Waals surface area (Å²) in [5.74, 6) is -0.302. The van der Waals surface area contributed by atoms with Gasteiger partial charge in [-0.05, 0) is 43.7 Å². The molecule has 164 valence electrons. The summed E-state index contributed by atoms with van der Waals surface area (Å²) in [6.07, 6.45) is 2.07. The number of piperazine rings is 1. The number of rotatable bonds is 6. The zero-order valence-electron chi connectivity index (χ0n) is 17.9. The minimum atomic E-state index is -0.396. The van der Waals surface area contributed by atoms with Crippen molar-refractivity contribution in [1.29, 1.82) is 0 Å². The summed E-state index contributed by atoms with van der Waals surface area (Å²) in [6.45, 7) is 5.92. The first-order valence-electron chi connectivity index (χ1n) is 10.9. The maximum atomic E-state index is 12.8. The van der Waals surface area contributed by atoms with E-state index in [4.69, 9.17) is 0 Å². The Kier molecular flexibility index (Phi) is 6.36. The van der Waals surface area contributed by atoms with Crippen molar-refractivity contribution in [2.45, 2.75) is 19.4 Å². The van der Waals surface area contributed by atoms with Crippen LogP contribution in [0.25, 0.3) is 0 Å². The molecule has 0 bridgehead atoms. The summed E-state index contributed by atoms with van der Waals surface area (Å²) in [5, 5.41) is 14.6. The fourth-order valence-corrected chi connectivity index (χ4v) is 4.33. The summed E-state index contributed by atoms with van der Waals surface area (Å²) in [6, 6.07) is 12.9. The third-order valence-electron chi connectivity index (χ3n) is 6.16. The van der Waals surface area contributed by atoms with Gasteiger partial charge in [-0.25, -0.2) is 0 Å². The van der Waals surface area contributed by atoms with E-state index in [2.05, 4.69) is 28.2 Å². The molecule has 2 fully saturated rings. The maximum absolute atomic E-state index is 12.8.